The fourth-order valence-electron chi connectivity index (χ4n) is 3.30. The number of halogens is 1. The molecule has 1 aromatic carbocycles. The van der Waals surface area contributed by atoms with Crippen molar-refractivity contribution in [3.05, 3.63) is 59.0 Å². The highest BCUT2D eigenvalue weighted by molar-refractivity contribution is 6.29. The summed E-state index contributed by atoms with van der Waals surface area (Å²) >= 11 is 5.96. The number of likely N-dealkylation sites (tertiary alicyclic amines) is 1. The predicted molar refractivity (Wildman–Crippen MR) is 114 cm³/mol. The van der Waals surface area contributed by atoms with Crippen LogP contribution >= 0.6 is 11.6 Å². The number of ether oxygens (including phenoxy) is 1. The monoisotopic (exact) mass is 410 g/mol. The van der Waals surface area contributed by atoms with Gasteiger partial charge in [-0.25, -0.2) is 14.7 Å². The maximum absolute atomic E-state index is 6.18. The van der Waals surface area contributed by atoms with E-state index in [1.165, 1.54) is 12.8 Å². The molecular weight excluding hydrogens is 388 g/mol. The third-order valence-electron chi connectivity index (χ3n) is 4.91. The summed E-state index contributed by atoms with van der Waals surface area (Å²) in [5.41, 5.74) is 9.81. The van der Waals surface area contributed by atoms with Crippen LogP contribution in [0.1, 0.15) is 24.0 Å². The van der Waals surface area contributed by atoms with Gasteiger partial charge in [0.25, 0.3) is 0 Å². The molecule has 1 aliphatic rings. The van der Waals surface area contributed by atoms with Crippen LogP contribution < -0.4 is 10.5 Å². The van der Waals surface area contributed by atoms with Crippen molar-refractivity contribution in [2.24, 2.45) is 10.7 Å². The van der Waals surface area contributed by atoms with E-state index < -0.39 is 0 Å². The molecule has 1 aliphatic heterocycles. The maximum atomic E-state index is 6.18. The molecule has 1 fully saturated rings. The summed E-state index contributed by atoms with van der Waals surface area (Å²) in [4.78, 5) is 10.7. The van der Waals surface area contributed by atoms with Gasteiger partial charge < -0.3 is 15.4 Å². The summed E-state index contributed by atoms with van der Waals surface area (Å²) in [7, 11) is 0. The van der Waals surface area contributed by atoms with Crippen LogP contribution in [0.3, 0.4) is 0 Å². The Labute approximate surface area is 174 Å². The SMILES string of the molecule is Cc1cc(Oc2ccn(-c3ccnc(Cl)c3)n2)c(C)cc1N=C(N)N1CCCC1. The number of benzene rings is 1. The molecule has 0 unspecified atom stereocenters. The number of nitrogens with two attached hydrogens (primary N) is 1. The molecule has 3 heterocycles. The average Bonchev–Trinajstić information content (AvgIpc) is 3.38. The first-order valence-electron chi connectivity index (χ1n) is 9.55. The number of aliphatic imine (C=N–C) groups is 1. The van der Waals surface area contributed by atoms with E-state index in [1.807, 2.05) is 38.2 Å². The van der Waals surface area contributed by atoms with E-state index in [4.69, 9.17) is 22.1 Å². The van der Waals surface area contributed by atoms with Gasteiger partial charge in [-0.05, 0) is 56.0 Å². The minimum atomic E-state index is 0.413. The molecule has 0 bridgehead atoms. The van der Waals surface area contributed by atoms with Crippen LogP contribution in [-0.4, -0.2) is 38.7 Å². The van der Waals surface area contributed by atoms with Crippen LogP contribution in [0.15, 0.2) is 47.7 Å². The molecule has 3 aromatic rings. The quantitative estimate of drug-likeness (QED) is 0.392. The Balaban J connectivity index is 1.54. The summed E-state index contributed by atoms with van der Waals surface area (Å²) in [6.07, 6.45) is 5.79. The third-order valence-corrected chi connectivity index (χ3v) is 5.12. The summed E-state index contributed by atoms with van der Waals surface area (Å²) in [6.45, 7) is 5.93. The first-order chi connectivity index (χ1) is 14.0. The van der Waals surface area contributed by atoms with E-state index in [2.05, 4.69) is 20.0 Å². The lowest BCUT2D eigenvalue weighted by atomic mass is 10.1. The normalized spacial score (nSPS) is 14.4. The van der Waals surface area contributed by atoms with Gasteiger partial charge in [-0.15, -0.1) is 5.10 Å². The van der Waals surface area contributed by atoms with Gasteiger partial charge in [0.15, 0.2) is 5.96 Å². The molecular formula is C21H23ClN6O. The fraction of sp³-hybridized carbons (Fsp3) is 0.286. The largest absolute Gasteiger partial charge is 0.437 e. The van der Waals surface area contributed by atoms with Crippen LogP contribution in [0.25, 0.3) is 5.69 Å². The van der Waals surface area contributed by atoms with Crippen LogP contribution in [0.4, 0.5) is 5.69 Å². The molecule has 0 atom stereocenters. The highest BCUT2D eigenvalue weighted by Crippen LogP contribution is 2.31. The zero-order chi connectivity index (χ0) is 20.4. The van der Waals surface area contributed by atoms with Gasteiger partial charge in [-0.3, -0.25) is 0 Å². The number of aromatic nitrogens is 3. The number of pyridine rings is 1. The van der Waals surface area contributed by atoms with Crippen molar-refractivity contribution < 1.29 is 4.74 Å². The standard InChI is InChI=1S/C21H23ClN6O/c1-14-12-18(15(2)11-17(14)25-21(23)27-8-3-4-9-27)29-20-6-10-28(26-20)16-5-7-24-19(22)13-16/h5-7,10-13H,3-4,8-9H2,1-2H3,(H2,23,25). The van der Waals surface area contributed by atoms with Crippen LogP contribution in [0, 0.1) is 13.8 Å². The Morgan fingerprint density at radius 1 is 1.14 bits per heavy atom. The van der Waals surface area contributed by atoms with Gasteiger partial charge in [0.05, 0.1) is 11.4 Å². The van der Waals surface area contributed by atoms with Crippen LogP contribution in [0.2, 0.25) is 5.15 Å². The minimum absolute atomic E-state index is 0.413. The van der Waals surface area contributed by atoms with Gasteiger partial charge >= 0.3 is 0 Å². The number of hydrogen-bond acceptors (Lipinski definition) is 4. The van der Waals surface area contributed by atoms with Crippen molar-refractivity contribution in [3.8, 4) is 17.3 Å². The molecule has 0 radical (unpaired) electrons. The smallest absolute Gasteiger partial charge is 0.238 e. The predicted octanol–water partition coefficient (Wildman–Crippen LogP) is 4.37. The molecule has 150 valence electrons. The van der Waals surface area contributed by atoms with Crippen molar-refractivity contribution in [2.45, 2.75) is 26.7 Å². The number of nitrogens with zero attached hydrogens (tertiary/aromatic N) is 5. The Morgan fingerprint density at radius 2 is 1.93 bits per heavy atom. The van der Waals surface area contributed by atoms with Crippen LogP contribution in [0.5, 0.6) is 11.6 Å². The van der Waals surface area contributed by atoms with Gasteiger partial charge in [0.1, 0.15) is 10.9 Å². The molecule has 2 aromatic heterocycles. The molecule has 0 amide bonds. The second-order valence-electron chi connectivity index (χ2n) is 7.11. The second kappa shape index (κ2) is 8.13. The van der Waals surface area contributed by atoms with Crippen molar-refractivity contribution in [1.29, 1.82) is 0 Å². The lowest BCUT2D eigenvalue weighted by Crippen LogP contribution is -2.34. The highest BCUT2D eigenvalue weighted by Gasteiger charge is 2.15. The Kier molecular flexibility index (Phi) is 5.40. The Morgan fingerprint density at radius 3 is 2.69 bits per heavy atom. The van der Waals surface area contributed by atoms with E-state index in [-0.39, 0.29) is 0 Å². The summed E-state index contributed by atoms with van der Waals surface area (Å²) in [5, 5.41) is 4.88. The number of guanidine groups is 1. The van der Waals surface area contributed by atoms with Crippen molar-refractivity contribution in [3.63, 3.8) is 0 Å². The van der Waals surface area contributed by atoms with E-state index in [0.29, 0.717) is 17.0 Å². The summed E-state index contributed by atoms with van der Waals surface area (Å²) < 4.78 is 7.71. The Bertz CT molecular complexity index is 1060. The van der Waals surface area contributed by atoms with E-state index in [0.717, 1.165) is 41.3 Å². The third kappa shape index (κ3) is 4.35. The summed E-state index contributed by atoms with van der Waals surface area (Å²) in [5.74, 6) is 1.81. The fourth-order valence-corrected chi connectivity index (χ4v) is 3.47. The molecule has 7 nitrogen and oxygen atoms in total. The van der Waals surface area contributed by atoms with Gasteiger partial charge in [-0.1, -0.05) is 11.6 Å². The van der Waals surface area contributed by atoms with Crippen molar-refractivity contribution >= 4 is 23.2 Å². The molecule has 8 heteroatoms. The Hall–Kier alpha value is -3.06. The lowest BCUT2D eigenvalue weighted by Gasteiger charge is -2.16. The van der Waals surface area contributed by atoms with Gasteiger partial charge in [0, 0.05) is 37.6 Å². The molecule has 2 N–H and O–H groups in total. The molecule has 1 saturated heterocycles. The molecule has 0 aliphatic carbocycles. The van der Waals surface area contributed by atoms with Crippen molar-refractivity contribution in [1.82, 2.24) is 19.7 Å². The number of hydrogen-bond donors (Lipinski definition) is 1. The van der Waals surface area contributed by atoms with E-state index in [1.54, 1.807) is 23.0 Å². The first kappa shape index (κ1) is 19.3. The number of aryl methyl sites for hydroxylation is 2. The van der Waals surface area contributed by atoms with Gasteiger partial charge in [0.2, 0.25) is 5.88 Å². The molecule has 0 saturated carbocycles. The zero-order valence-electron chi connectivity index (χ0n) is 16.5. The topological polar surface area (TPSA) is 81.6 Å². The van der Waals surface area contributed by atoms with E-state index in [9.17, 15) is 0 Å². The molecule has 4 rings (SSSR count). The lowest BCUT2D eigenvalue weighted by molar-refractivity contribution is 0.454. The van der Waals surface area contributed by atoms with Crippen molar-refractivity contribution in [2.75, 3.05) is 13.1 Å². The van der Waals surface area contributed by atoms with E-state index >= 15 is 0 Å². The van der Waals surface area contributed by atoms with Crippen LogP contribution in [-0.2, 0) is 0 Å². The minimum Gasteiger partial charge on any atom is -0.437 e. The molecule has 0 spiro atoms. The number of rotatable bonds is 4. The molecule has 29 heavy (non-hydrogen) atoms. The maximum Gasteiger partial charge on any atom is 0.238 e. The zero-order valence-corrected chi connectivity index (χ0v) is 17.2. The average molecular weight is 411 g/mol. The van der Waals surface area contributed by atoms with Gasteiger partial charge in [-0.2, -0.15) is 0 Å². The highest BCUT2D eigenvalue weighted by atomic mass is 35.5. The second-order valence-corrected chi connectivity index (χ2v) is 7.49. The summed E-state index contributed by atoms with van der Waals surface area (Å²) in [6, 6.07) is 9.34. The first-order valence-corrected chi connectivity index (χ1v) is 9.93.